The summed E-state index contributed by atoms with van der Waals surface area (Å²) in [5.41, 5.74) is -0.538. The minimum Gasteiger partial charge on any atom is -0.481 e. The Hall–Kier alpha value is -1.10. The monoisotopic (exact) mass is 242 g/mol. The Balaban J connectivity index is 2.53. The first-order valence-corrected chi connectivity index (χ1v) is 6.25. The van der Waals surface area contributed by atoms with Crippen LogP contribution >= 0.6 is 0 Å². The van der Waals surface area contributed by atoms with E-state index in [-0.39, 0.29) is 18.4 Å². The lowest BCUT2D eigenvalue weighted by atomic mass is 9.89. The molecule has 1 heterocycles. The minimum absolute atomic E-state index is 0.0156. The van der Waals surface area contributed by atoms with Crippen molar-refractivity contribution in [3.8, 4) is 0 Å². The third-order valence-corrected chi connectivity index (χ3v) is 3.37. The van der Waals surface area contributed by atoms with Gasteiger partial charge in [-0.3, -0.25) is 9.59 Å². The van der Waals surface area contributed by atoms with Crippen molar-refractivity contribution in [3.05, 3.63) is 0 Å². The van der Waals surface area contributed by atoms with E-state index in [1.807, 2.05) is 13.8 Å². The van der Waals surface area contributed by atoms with Crippen LogP contribution in [-0.4, -0.2) is 35.1 Å². The number of aliphatic carboxylic acids is 1. The van der Waals surface area contributed by atoms with Crippen LogP contribution < -0.4 is 10.6 Å². The third-order valence-electron chi connectivity index (χ3n) is 3.37. The lowest BCUT2D eigenvalue weighted by Gasteiger charge is -2.34. The Morgan fingerprint density at radius 3 is 2.65 bits per heavy atom. The molecule has 5 nitrogen and oxygen atoms in total. The summed E-state index contributed by atoms with van der Waals surface area (Å²) in [5.74, 6) is -0.954. The summed E-state index contributed by atoms with van der Waals surface area (Å²) in [6.45, 7) is 4.61. The van der Waals surface area contributed by atoms with E-state index in [2.05, 4.69) is 10.6 Å². The molecule has 17 heavy (non-hydrogen) atoms. The van der Waals surface area contributed by atoms with Crippen molar-refractivity contribution in [2.75, 3.05) is 6.54 Å². The van der Waals surface area contributed by atoms with Crippen molar-refractivity contribution in [2.45, 2.75) is 57.5 Å². The molecule has 1 rings (SSSR count). The number of piperidine rings is 1. The summed E-state index contributed by atoms with van der Waals surface area (Å²) in [7, 11) is 0. The molecule has 1 aliphatic rings. The zero-order valence-electron chi connectivity index (χ0n) is 10.6. The van der Waals surface area contributed by atoms with Crippen molar-refractivity contribution < 1.29 is 14.7 Å². The first-order chi connectivity index (χ1) is 7.98. The maximum absolute atomic E-state index is 12.1. The average Bonchev–Trinajstić information content (AvgIpc) is 2.28. The average molecular weight is 242 g/mol. The predicted molar refractivity (Wildman–Crippen MR) is 64.7 cm³/mol. The Labute approximate surface area is 102 Å². The second kappa shape index (κ2) is 6.00. The fraction of sp³-hybridized carbons (Fsp3) is 0.833. The molecule has 0 aromatic rings. The zero-order valence-corrected chi connectivity index (χ0v) is 10.6. The minimum atomic E-state index is -0.876. The number of carbonyl (C=O) groups is 2. The number of carboxylic acid groups (broad SMARTS) is 1. The van der Waals surface area contributed by atoms with Gasteiger partial charge in [-0.05, 0) is 39.2 Å². The zero-order chi connectivity index (χ0) is 12.9. The molecule has 0 spiro atoms. The van der Waals surface area contributed by atoms with Gasteiger partial charge in [0.25, 0.3) is 0 Å². The number of amides is 1. The summed E-state index contributed by atoms with van der Waals surface area (Å²) in [6, 6.07) is -0.277. The maximum Gasteiger partial charge on any atom is 0.305 e. The molecule has 1 aliphatic heterocycles. The molecule has 0 aromatic carbocycles. The summed E-state index contributed by atoms with van der Waals surface area (Å²) < 4.78 is 0. The van der Waals surface area contributed by atoms with E-state index in [1.165, 1.54) is 0 Å². The van der Waals surface area contributed by atoms with Crippen LogP contribution in [0.4, 0.5) is 0 Å². The molecule has 5 heteroatoms. The largest absolute Gasteiger partial charge is 0.481 e. The van der Waals surface area contributed by atoms with Gasteiger partial charge in [0.05, 0.1) is 12.0 Å². The molecule has 98 valence electrons. The van der Waals surface area contributed by atoms with Gasteiger partial charge in [-0.2, -0.15) is 0 Å². The van der Waals surface area contributed by atoms with E-state index in [1.54, 1.807) is 0 Å². The fourth-order valence-electron chi connectivity index (χ4n) is 2.10. The highest BCUT2D eigenvalue weighted by Gasteiger charge is 2.35. The smallest absolute Gasteiger partial charge is 0.305 e. The highest BCUT2D eigenvalue weighted by molar-refractivity contribution is 5.86. The van der Waals surface area contributed by atoms with Gasteiger partial charge in [-0.25, -0.2) is 0 Å². The van der Waals surface area contributed by atoms with Gasteiger partial charge in [-0.1, -0.05) is 6.92 Å². The topological polar surface area (TPSA) is 78.4 Å². The molecular formula is C12H22N2O3. The van der Waals surface area contributed by atoms with Crippen LogP contribution in [0.3, 0.4) is 0 Å². The van der Waals surface area contributed by atoms with Crippen LogP contribution in [-0.2, 0) is 9.59 Å². The lowest BCUT2D eigenvalue weighted by Crippen LogP contribution is -2.58. The molecule has 2 atom stereocenters. The van der Waals surface area contributed by atoms with E-state index >= 15 is 0 Å². The number of nitrogens with one attached hydrogen (secondary N) is 2. The van der Waals surface area contributed by atoms with Crippen LogP contribution in [0.25, 0.3) is 0 Å². The highest BCUT2D eigenvalue weighted by Crippen LogP contribution is 2.19. The van der Waals surface area contributed by atoms with Crippen LogP contribution in [0.1, 0.15) is 46.0 Å². The Bertz CT molecular complexity index is 285. The summed E-state index contributed by atoms with van der Waals surface area (Å²) in [4.78, 5) is 22.7. The molecule has 1 saturated heterocycles. The van der Waals surface area contributed by atoms with Gasteiger partial charge < -0.3 is 15.7 Å². The summed E-state index contributed by atoms with van der Waals surface area (Å²) in [6.07, 6.45) is 3.55. The molecule has 2 unspecified atom stereocenters. The Morgan fingerprint density at radius 2 is 2.18 bits per heavy atom. The fourth-order valence-corrected chi connectivity index (χ4v) is 2.10. The predicted octanol–water partition coefficient (Wildman–Crippen LogP) is 0.888. The van der Waals surface area contributed by atoms with Gasteiger partial charge in [0.2, 0.25) is 5.91 Å². The quantitative estimate of drug-likeness (QED) is 0.669. The van der Waals surface area contributed by atoms with Gasteiger partial charge >= 0.3 is 5.97 Å². The summed E-state index contributed by atoms with van der Waals surface area (Å²) >= 11 is 0. The van der Waals surface area contributed by atoms with Crippen molar-refractivity contribution in [1.82, 2.24) is 10.6 Å². The van der Waals surface area contributed by atoms with Gasteiger partial charge in [-0.15, -0.1) is 0 Å². The number of carboxylic acids is 1. The van der Waals surface area contributed by atoms with Crippen molar-refractivity contribution in [2.24, 2.45) is 0 Å². The van der Waals surface area contributed by atoms with Crippen LogP contribution in [0, 0.1) is 0 Å². The van der Waals surface area contributed by atoms with Gasteiger partial charge in [0, 0.05) is 6.04 Å². The Kier molecular flexibility index (Phi) is 4.93. The maximum atomic E-state index is 12.1. The normalized spacial score (nSPS) is 26.2. The second-order valence-corrected chi connectivity index (χ2v) is 4.89. The molecule has 1 fully saturated rings. The third kappa shape index (κ3) is 4.00. The highest BCUT2D eigenvalue weighted by atomic mass is 16.4. The SMILES string of the molecule is CCC(CC(=O)O)NC(=O)C1(C)CCCCN1. The molecule has 0 radical (unpaired) electrons. The van der Waals surface area contributed by atoms with E-state index in [9.17, 15) is 9.59 Å². The van der Waals surface area contributed by atoms with E-state index in [0.717, 1.165) is 25.8 Å². The molecule has 0 aromatic heterocycles. The molecule has 3 N–H and O–H groups in total. The van der Waals surface area contributed by atoms with E-state index in [4.69, 9.17) is 5.11 Å². The first-order valence-electron chi connectivity index (χ1n) is 6.25. The number of hydrogen-bond donors (Lipinski definition) is 3. The van der Waals surface area contributed by atoms with E-state index in [0.29, 0.717) is 6.42 Å². The van der Waals surface area contributed by atoms with Crippen molar-refractivity contribution >= 4 is 11.9 Å². The summed E-state index contributed by atoms with van der Waals surface area (Å²) in [5, 5.41) is 14.8. The van der Waals surface area contributed by atoms with E-state index < -0.39 is 11.5 Å². The standard InChI is InChI=1S/C12H22N2O3/c1-3-9(8-10(15)16)14-11(17)12(2)6-4-5-7-13-12/h9,13H,3-8H2,1-2H3,(H,14,17)(H,15,16). The molecular weight excluding hydrogens is 220 g/mol. The van der Waals surface area contributed by atoms with Crippen LogP contribution in [0.2, 0.25) is 0 Å². The number of rotatable bonds is 5. The van der Waals surface area contributed by atoms with Gasteiger partial charge in [0.1, 0.15) is 0 Å². The number of carbonyl (C=O) groups excluding carboxylic acids is 1. The second-order valence-electron chi connectivity index (χ2n) is 4.89. The molecule has 0 saturated carbocycles. The lowest BCUT2D eigenvalue weighted by molar-refractivity contribution is -0.138. The molecule has 0 aliphatic carbocycles. The van der Waals surface area contributed by atoms with Gasteiger partial charge in [0.15, 0.2) is 0 Å². The van der Waals surface area contributed by atoms with Crippen LogP contribution in [0.15, 0.2) is 0 Å². The first kappa shape index (κ1) is 14.0. The van der Waals surface area contributed by atoms with Crippen molar-refractivity contribution in [3.63, 3.8) is 0 Å². The molecule has 1 amide bonds. The Morgan fingerprint density at radius 1 is 1.47 bits per heavy atom. The number of hydrogen-bond acceptors (Lipinski definition) is 3. The molecule has 0 bridgehead atoms. The van der Waals surface area contributed by atoms with Crippen molar-refractivity contribution in [1.29, 1.82) is 0 Å². The van der Waals surface area contributed by atoms with Crippen LogP contribution in [0.5, 0.6) is 0 Å².